The first-order chi connectivity index (χ1) is 13.8. The van der Waals surface area contributed by atoms with Crippen LogP contribution in [-0.2, 0) is 9.59 Å². The summed E-state index contributed by atoms with van der Waals surface area (Å²) in [4.78, 5) is 58.9. The van der Waals surface area contributed by atoms with Crippen LogP contribution in [-0.4, -0.2) is 64.2 Å². The van der Waals surface area contributed by atoms with Gasteiger partial charge in [-0.2, -0.15) is 0 Å². The molecule has 0 aliphatic carbocycles. The van der Waals surface area contributed by atoms with Crippen molar-refractivity contribution in [2.75, 3.05) is 32.1 Å². The first-order valence-electron chi connectivity index (χ1n) is 9.40. The number of nitrogens with zero attached hydrogens (tertiary/aromatic N) is 5. The molecule has 0 radical (unpaired) electrons. The maximum Gasteiger partial charge on any atom is 0.333 e. The number of barbiturate groups is 1. The Labute approximate surface area is 166 Å². The van der Waals surface area contributed by atoms with Crippen LogP contribution < -0.4 is 10.5 Å². The van der Waals surface area contributed by atoms with Crippen LogP contribution in [0.15, 0.2) is 28.7 Å². The number of imide groups is 2. The number of fused-ring (bicyclic) bond motifs is 1. The van der Waals surface area contributed by atoms with Gasteiger partial charge in [-0.15, -0.1) is 0 Å². The molecule has 29 heavy (non-hydrogen) atoms. The molecule has 2 saturated heterocycles. The predicted octanol–water partition coefficient (Wildman–Crippen LogP) is 1.04. The van der Waals surface area contributed by atoms with Crippen LogP contribution in [0.4, 0.5) is 10.6 Å². The normalized spacial score (nSPS) is 17.7. The van der Waals surface area contributed by atoms with E-state index >= 15 is 0 Å². The Morgan fingerprint density at radius 1 is 1.00 bits per heavy atom. The van der Waals surface area contributed by atoms with Gasteiger partial charge in [0.25, 0.3) is 17.4 Å². The van der Waals surface area contributed by atoms with E-state index in [2.05, 4.69) is 0 Å². The lowest BCUT2D eigenvalue weighted by atomic mass is 10.1. The van der Waals surface area contributed by atoms with Crippen LogP contribution in [0.25, 0.3) is 11.7 Å². The summed E-state index contributed by atoms with van der Waals surface area (Å²) in [7, 11) is 2.61. The van der Waals surface area contributed by atoms with Crippen molar-refractivity contribution in [2.45, 2.75) is 19.8 Å². The van der Waals surface area contributed by atoms with Gasteiger partial charge in [0.05, 0.1) is 5.56 Å². The summed E-state index contributed by atoms with van der Waals surface area (Å²) in [6.45, 7) is 3.35. The summed E-state index contributed by atoms with van der Waals surface area (Å²) >= 11 is 0. The molecule has 4 heterocycles. The first kappa shape index (κ1) is 18.9. The molecule has 9 nitrogen and oxygen atoms in total. The third-order valence-corrected chi connectivity index (χ3v) is 5.40. The molecule has 0 spiro atoms. The molecule has 2 aliphatic rings. The summed E-state index contributed by atoms with van der Waals surface area (Å²) in [6.07, 6.45) is 4.84. The minimum absolute atomic E-state index is 0.169. The zero-order valence-corrected chi connectivity index (χ0v) is 16.5. The second-order valence-corrected chi connectivity index (χ2v) is 7.30. The van der Waals surface area contributed by atoms with Crippen LogP contribution in [0.5, 0.6) is 0 Å². The summed E-state index contributed by atoms with van der Waals surface area (Å²) in [5.74, 6) is -1.02. The van der Waals surface area contributed by atoms with Gasteiger partial charge in [0, 0.05) is 33.4 Å². The highest BCUT2D eigenvalue weighted by molar-refractivity contribution is 6.30. The van der Waals surface area contributed by atoms with Gasteiger partial charge in [-0.25, -0.2) is 9.78 Å². The molecule has 2 aromatic rings. The number of anilines is 1. The number of amides is 4. The van der Waals surface area contributed by atoms with Crippen molar-refractivity contribution < 1.29 is 14.4 Å². The minimum atomic E-state index is -0.737. The lowest BCUT2D eigenvalue weighted by Gasteiger charge is -2.29. The second-order valence-electron chi connectivity index (χ2n) is 7.30. The Kier molecular flexibility index (Phi) is 4.45. The van der Waals surface area contributed by atoms with E-state index < -0.39 is 17.8 Å². The monoisotopic (exact) mass is 395 g/mol. The SMILES string of the molecule is Cc1cccn2c(=O)c(C=C3C(=O)N(C)C(=O)N(C)C3=O)c(N3CCCC3)nc12. The molecule has 9 heteroatoms. The van der Waals surface area contributed by atoms with E-state index in [0.717, 1.165) is 41.3 Å². The fourth-order valence-electron chi connectivity index (χ4n) is 3.72. The lowest BCUT2D eigenvalue weighted by Crippen LogP contribution is -2.53. The van der Waals surface area contributed by atoms with Crippen molar-refractivity contribution in [3.05, 3.63) is 45.4 Å². The molecule has 0 saturated carbocycles. The van der Waals surface area contributed by atoms with Gasteiger partial charge in [-0.05, 0) is 37.5 Å². The zero-order valence-electron chi connectivity index (χ0n) is 16.5. The molecule has 0 unspecified atom stereocenters. The van der Waals surface area contributed by atoms with Crippen molar-refractivity contribution in [1.29, 1.82) is 0 Å². The second kappa shape index (κ2) is 6.84. The smallest absolute Gasteiger partial charge is 0.333 e. The zero-order chi connectivity index (χ0) is 20.9. The Bertz CT molecular complexity index is 1120. The Morgan fingerprint density at radius 3 is 2.24 bits per heavy atom. The van der Waals surface area contributed by atoms with Crippen molar-refractivity contribution in [1.82, 2.24) is 19.2 Å². The maximum absolute atomic E-state index is 13.3. The molecule has 2 aromatic heterocycles. The Morgan fingerprint density at radius 2 is 1.62 bits per heavy atom. The van der Waals surface area contributed by atoms with Gasteiger partial charge >= 0.3 is 6.03 Å². The summed E-state index contributed by atoms with van der Waals surface area (Å²) in [5, 5.41) is 0. The number of pyridine rings is 1. The average Bonchev–Trinajstić information content (AvgIpc) is 3.24. The van der Waals surface area contributed by atoms with Crippen LogP contribution in [0.3, 0.4) is 0 Å². The van der Waals surface area contributed by atoms with E-state index in [1.54, 1.807) is 12.3 Å². The van der Waals surface area contributed by atoms with Crippen molar-refractivity contribution >= 4 is 35.4 Å². The fourth-order valence-corrected chi connectivity index (χ4v) is 3.72. The van der Waals surface area contributed by atoms with Crippen molar-refractivity contribution in [2.24, 2.45) is 0 Å². The van der Waals surface area contributed by atoms with Crippen LogP contribution in [0.1, 0.15) is 24.0 Å². The van der Waals surface area contributed by atoms with Crippen LogP contribution >= 0.6 is 0 Å². The van der Waals surface area contributed by atoms with Crippen LogP contribution in [0.2, 0.25) is 0 Å². The van der Waals surface area contributed by atoms with E-state index in [1.807, 2.05) is 17.9 Å². The fraction of sp³-hybridized carbons (Fsp3) is 0.350. The molecule has 4 rings (SSSR count). The number of hydrogen-bond acceptors (Lipinski definition) is 6. The van der Waals surface area contributed by atoms with E-state index in [9.17, 15) is 19.2 Å². The molecule has 150 valence electrons. The minimum Gasteiger partial charge on any atom is -0.356 e. The molecule has 2 fully saturated rings. The van der Waals surface area contributed by atoms with Crippen LogP contribution in [0, 0.1) is 6.92 Å². The number of likely N-dealkylation sites (N-methyl/N-ethyl adjacent to an activating group) is 2. The largest absolute Gasteiger partial charge is 0.356 e. The van der Waals surface area contributed by atoms with Gasteiger partial charge in [-0.3, -0.25) is 28.6 Å². The molecule has 0 aromatic carbocycles. The number of aryl methyl sites for hydroxylation is 1. The third kappa shape index (κ3) is 2.89. The number of carbonyl (C=O) groups is 3. The molecule has 0 atom stereocenters. The molecular formula is C20H21N5O4. The maximum atomic E-state index is 13.3. The highest BCUT2D eigenvalue weighted by atomic mass is 16.2. The molecular weight excluding hydrogens is 374 g/mol. The highest BCUT2D eigenvalue weighted by Gasteiger charge is 2.38. The quantitative estimate of drug-likeness (QED) is 0.557. The number of carbonyl (C=O) groups excluding carboxylic acids is 3. The topological polar surface area (TPSA) is 95.3 Å². The third-order valence-electron chi connectivity index (χ3n) is 5.40. The first-order valence-corrected chi connectivity index (χ1v) is 9.40. The number of urea groups is 1. The average molecular weight is 395 g/mol. The molecule has 0 bridgehead atoms. The summed E-state index contributed by atoms with van der Waals surface area (Å²) in [6, 6.07) is 2.91. The molecule has 2 aliphatic heterocycles. The standard InChI is InChI=1S/C20H21N5O4/c1-12-7-6-10-25-15(12)21-16(24-8-4-5-9-24)13(19(25)28)11-14-17(26)22(2)20(29)23(3)18(14)27/h6-7,10-11H,4-5,8-9H2,1-3H3. The van der Waals surface area contributed by atoms with Gasteiger partial charge < -0.3 is 4.90 Å². The van der Waals surface area contributed by atoms with E-state index in [1.165, 1.54) is 24.6 Å². The van der Waals surface area contributed by atoms with E-state index in [4.69, 9.17) is 4.98 Å². The van der Waals surface area contributed by atoms with Crippen molar-refractivity contribution in [3.63, 3.8) is 0 Å². The lowest BCUT2D eigenvalue weighted by molar-refractivity contribution is -0.134. The van der Waals surface area contributed by atoms with Gasteiger partial charge in [0.1, 0.15) is 17.0 Å². The van der Waals surface area contributed by atoms with Crippen molar-refractivity contribution in [3.8, 4) is 0 Å². The predicted molar refractivity (Wildman–Crippen MR) is 107 cm³/mol. The molecule has 0 N–H and O–H groups in total. The van der Waals surface area contributed by atoms with E-state index in [-0.39, 0.29) is 16.7 Å². The van der Waals surface area contributed by atoms with Gasteiger partial charge in [0.2, 0.25) is 0 Å². The van der Waals surface area contributed by atoms with E-state index in [0.29, 0.717) is 11.5 Å². The number of rotatable bonds is 2. The summed E-state index contributed by atoms with van der Waals surface area (Å²) < 4.78 is 1.41. The number of hydrogen-bond donors (Lipinski definition) is 0. The number of aromatic nitrogens is 2. The Hall–Kier alpha value is -3.49. The van der Waals surface area contributed by atoms with Gasteiger partial charge in [0.15, 0.2) is 0 Å². The van der Waals surface area contributed by atoms with Gasteiger partial charge in [-0.1, -0.05) is 6.07 Å². The highest BCUT2D eigenvalue weighted by Crippen LogP contribution is 2.25. The summed E-state index contributed by atoms with van der Waals surface area (Å²) in [5.41, 5.74) is 0.951. The Balaban J connectivity index is 1.98. The molecule has 4 amide bonds.